The molecule has 1 saturated heterocycles. The van der Waals surface area contributed by atoms with Crippen molar-refractivity contribution in [1.29, 1.82) is 0 Å². The van der Waals surface area contributed by atoms with E-state index in [1.165, 1.54) is 6.21 Å². The number of amides is 2. The topological polar surface area (TPSA) is 89.2 Å². The number of carbonyl (C=O) groups excluding carboxylic acids is 3. The largest absolute Gasteiger partial charge is 0.462 e. The zero-order valence-electron chi connectivity index (χ0n) is 17.5. The molecule has 5 aliphatic rings. The second-order valence-electron chi connectivity index (χ2n) is 8.89. The van der Waals surface area contributed by atoms with Gasteiger partial charge in [-0.3, -0.25) is 9.59 Å². The van der Waals surface area contributed by atoms with Crippen LogP contribution in [-0.4, -0.2) is 35.6 Å². The second kappa shape index (κ2) is 7.02. The fraction of sp³-hybridized carbons (Fsp3) is 0.360. The maximum atomic E-state index is 13.0. The Kier molecular flexibility index (Phi) is 4.22. The van der Waals surface area contributed by atoms with Gasteiger partial charge < -0.3 is 9.15 Å². The number of imide groups is 1. The van der Waals surface area contributed by atoms with E-state index in [1.807, 2.05) is 0 Å². The molecule has 0 unspecified atom stereocenters. The van der Waals surface area contributed by atoms with Gasteiger partial charge in [0.2, 0.25) is 0 Å². The zero-order chi connectivity index (χ0) is 22.0. The normalized spacial score (nSPS) is 31.8. The quantitative estimate of drug-likeness (QED) is 0.313. The van der Waals surface area contributed by atoms with Crippen LogP contribution in [0, 0.1) is 35.5 Å². The highest BCUT2D eigenvalue weighted by Crippen LogP contribution is 2.65. The Morgan fingerprint density at radius 2 is 1.72 bits per heavy atom. The van der Waals surface area contributed by atoms with Gasteiger partial charge in [-0.05, 0) is 61.3 Å². The summed E-state index contributed by atoms with van der Waals surface area (Å²) in [5.74, 6) is 1.25. The predicted octanol–water partition coefficient (Wildman–Crippen LogP) is 3.51. The molecule has 7 rings (SSSR count). The van der Waals surface area contributed by atoms with Crippen molar-refractivity contribution in [2.24, 2.45) is 40.6 Å². The van der Waals surface area contributed by atoms with E-state index in [0.29, 0.717) is 35.5 Å². The van der Waals surface area contributed by atoms with Crippen molar-refractivity contribution in [1.82, 2.24) is 5.01 Å². The third-order valence-electron chi connectivity index (χ3n) is 7.25. The van der Waals surface area contributed by atoms with Gasteiger partial charge in [-0.1, -0.05) is 24.3 Å². The van der Waals surface area contributed by atoms with Gasteiger partial charge in [-0.25, -0.2) is 4.79 Å². The molecule has 0 radical (unpaired) electrons. The summed E-state index contributed by atoms with van der Waals surface area (Å²) in [5.41, 5.74) is 1.26. The van der Waals surface area contributed by atoms with E-state index in [-0.39, 0.29) is 41.5 Å². The number of carbonyl (C=O) groups is 3. The van der Waals surface area contributed by atoms with Gasteiger partial charge in [0.15, 0.2) is 0 Å². The first-order chi connectivity index (χ1) is 15.6. The first-order valence-electron chi connectivity index (χ1n) is 11.0. The van der Waals surface area contributed by atoms with Crippen LogP contribution in [-0.2, 0) is 14.3 Å². The summed E-state index contributed by atoms with van der Waals surface area (Å²) in [6.07, 6.45) is 6.84. The minimum absolute atomic E-state index is 0.180. The lowest BCUT2D eigenvalue weighted by molar-refractivity contribution is -0.140. The van der Waals surface area contributed by atoms with Crippen molar-refractivity contribution in [2.45, 2.75) is 13.3 Å². The van der Waals surface area contributed by atoms with Gasteiger partial charge in [0.1, 0.15) is 11.5 Å². The van der Waals surface area contributed by atoms with E-state index in [9.17, 15) is 14.4 Å². The SMILES string of the molecule is CCOC(=O)c1ccc(-c2ccc(C=NN3C(=O)[C@@H]4[C@H]5C=C[C@@H]([C@@H]6C[C@H]56)[C@@H]4C3=O)o2)cc1. The van der Waals surface area contributed by atoms with Crippen molar-refractivity contribution in [2.75, 3.05) is 6.61 Å². The Morgan fingerprint density at radius 3 is 2.34 bits per heavy atom. The van der Waals surface area contributed by atoms with Gasteiger partial charge >= 0.3 is 5.97 Å². The van der Waals surface area contributed by atoms with Crippen LogP contribution in [0.2, 0.25) is 0 Å². The average Bonchev–Trinajstić information content (AvgIpc) is 3.45. The van der Waals surface area contributed by atoms with Crippen LogP contribution in [0.4, 0.5) is 0 Å². The van der Waals surface area contributed by atoms with E-state index in [0.717, 1.165) is 17.0 Å². The van der Waals surface area contributed by atoms with Crippen LogP contribution >= 0.6 is 0 Å². The third kappa shape index (κ3) is 2.80. The summed E-state index contributed by atoms with van der Waals surface area (Å²) in [6.45, 7) is 2.09. The molecule has 2 saturated carbocycles. The number of rotatable bonds is 5. The standard InChI is InChI=1S/C25H22N2O5/c1-2-31-25(30)14-5-3-13(4-6-14)20-10-7-15(32-20)12-26-27-23(28)21-16-8-9-17(19-11-18(16)19)22(21)24(27)29/h3-10,12,16-19,21-22H,2,11H2,1H3/t16-,17-,18-,19+,21-,22+/m0/s1. The van der Waals surface area contributed by atoms with E-state index >= 15 is 0 Å². The first kappa shape index (κ1) is 19.2. The number of hydrazone groups is 1. The monoisotopic (exact) mass is 430 g/mol. The maximum absolute atomic E-state index is 13.0. The smallest absolute Gasteiger partial charge is 0.338 e. The van der Waals surface area contributed by atoms with Crippen molar-refractivity contribution in [3.8, 4) is 11.3 Å². The molecule has 3 fully saturated rings. The highest BCUT2D eigenvalue weighted by molar-refractivity contribution is 6.06. The van der Waals surface area contributed by atoms with Gasteiger partial charge in [-0.2, -0.15) is 10.1 Å². The number of esters is 1. The number of hydrogen-bond acceptors (Lipinski definition) is 6. The molecule has 7 nitrogen and oxygen atoms in total. The summed E-state index contributed by atoms with van der Waals surface area (Å²) in [5, 5.41) is 5.25. The lowest BCUT2D eigenvalue weighted by Gasteiger charge is -2.37. The molecule has 1 aromatic heterocycles. The lowest BCUT2D eigenvalue weighted by atomic mass is 9.63. The van der Waals surface area contributed by atoms with E-state index in [1.54, 1.807) is 43.3 Å². The second-order valence-corrected chi connectivity index (χ2v) is 8.89. The molecule has 2 heterocycles. The predicted molar refractivity (Wildman–Crippen MR) is 114 cm³/mol. The molecule has 2 bridgehead atoms. The van der Waals surface area contributed by atoms with Crippen molar-refractivity contribution >= 4 is 24.0 Å². The Hall–Kier alpha value is -3.48. The average molecular weight is 430 g/mol. The number of nitrogens with zero attached hydrogens (tertiary/aromatic N) is 2. The highest BCUT2D eigenvalue weighted by atomic mass is 16.5. The molecule has 1 aromatic carbocycles. The van der Waals surface area contributed by atoms with Crippen LogP contribution in [0.15, 0.2) is 58.1 Å². The van der Waals surface area contributed by atoms with Crippen molar-refractivity contribution in [3.05, 3.63) is 59.9 Å². The number of hydrogen-bond donors (Lipinski definition) is 0. The maximum Gasteiger partial charge on any atom is 0.338 e. The summed E-state index contributed by atoms with van der Waals surface area (Å²) >= 11 is 0. The van der Waals surface area contributed by atoms with Gasteiger partial charge in [0.25, 0.3) is 11.8 Å². The van der Waals surface area contributed by atoms with Crippen molar-refractivity contribution in [3.63, 3.8) is 0 Å². The van der Waals surface area contributed by atoms with Gasteiger partial charge in [0.05, 0.1) is 30.2 Å². The molecule has 162 valence electrons. The fourth-order valence-corrected chi connectivity index (χ4v) is 5.73. The van der Waals surface area contributed by atoms with E-state index in [4.69, 9.17) is 9.15 Å². The summed E-state index contributed by atoms with van der Waals surface area (Å²) in [7, 11) is 0. The lowest BCUT2D eigenvalue weighted by Crippen LogP contribution is -2.40. The van der Waals surface area contributed by atoms with E-state index in [2.05, 4.69) is 17.3 Å². The molecule has 1 aliphatic heterocycles. The molecule has 2 aromatic rings. The molecule has 0 spiro atoms. The van der Waals surface area contributed by atoms with Crippen molar-refractivity contribution < 1.29 is 23.5 Å². The van der Waals surface area contributed by atoms with Gasteiger partial charge in [0, 0.05) is 5.56 Å². The van der Waals surface area contributed by atoms with Crippen LogP contribution in [0.25, 0.3) is 11.3 Å². The fourth-order valence-electron chi connectivity index (χ4n) is 5.73. The van der Waals surface area contributed by atoms with Crippen LogP contribution in [0.1, 0.15) is 29.5 Å². The van der Waals surface area contributed by atoms with Crippen LogP contribution in [0.5, 0.6) is 0 Å². The van der Waals surface area contributed by atoms with Gasteiger partial charge in [-0.15, -0.1) is 0 Å². The van der Waals surface area contributed by atoms with E-state index < -0.39 is 0 Å². The molecular weight excluding hydrogens is 408 g/mol. The molecule has 0 N–H and O–H groups in total. The zero-order valence-corrected chi connectivity index (χ0v) is 17.5. The van der Waals surface area contributed by atoms with Crippen LogP contribution < -0.4 is 0 Å². The minimum Gasteiger partial charge on any atom is -0.462 e. The number of furan rings is 1. The Balaban J connectivity index is 1.18. The Labute approximate surface area is 184 Å². The number of ether oxygens (including phenoxy) is 1. The molecule has 7 heteroatoms. The molecule has 32 heavy (non-hydrogen) atoms. The summed E-state index contributed by atoms with van der Waals surface area (Å²) < 4.78 is 10.8. The number of allylic oxidation sites excluding steroid dienone is 2. The molecule has 4 aliphatic carbocycles. The highest BCUT2D eigenvalue weighted by Gasteiger charge is 2.67. The molecular formula is C25H22N2O5. The number of benzene rings is 1. The first-order valence-corrected chi connectivity index (χ1v) is 11.0. The third-order valence-corrected chi connectivity index (χ3v) is 7.25. The summed E-state index contributed by atoms with van der Waals surface area (Å²) in [4.78, 5) is 37.7. The summed E-state index contributed by atoms with van der Waals surface area (Å²) in [6, 6.07) is 10.4. The molecule has 6 atom stereocenters. The van der Waals surface area contributed by atoms with Crippen LogP contribution in [0.3, 0.4) is 0 Å². The minimum atomic E-state index is -0.368. The molecule has 2 amide bonds. The Bertz CT molecular complexity index is 1140. The Morgan fingerprint density at radius 1 is 1.06 bits per heavy atom.